The zero-order valence-corrected chi connectivity index (χ0v) is 13.5. The van der Waals surface area contributed by atoms with Crippen LogP contribution >= 0.6 is 11.3 Å². The summed E-state index contributed by atoms with van der Waals surface area (Å²) in [4.78, 5) is 16.7. The lowest BCUT2D eigenvalue weighted by atomic mass is 9.99. The van der Waals surface area contributed by atoms with E-state index in [2.05, 4.69) is 10.3 Å². The number of carbonyl (C=O) groups is 1. The average Bonchev–Trinajstić information content (AvgIpc) is 3.20. The molecule has 1 aliphatic carbocycles. The van der Waals surface area contributed by atoms with E-state index in [1.807, 2.05) is 0 Å². The topological polar surface area (TPSA) is 62.2 Å². The summed E-state index contributed by atoms with van der Waals surface area (Å²) in [6, 6.07) is 6.57. The molecule has 0 unspecified atom stereocenters. The van der Waals surface area contributed by atoms with Crippen molar-refractivity contribution in [3.05, 3.63) is 51.7 Å². The van der Waals surface area contributed by atoms with Crippen LogP contribution in [-0.4, -0.2) is 28.1 Å². The number of carbonyl (C=O) groups excluding carboxylic acids is 1. The number of aliphatic hydroxyl groups excluding tert-OH is 1. The molecule has 0 atom stereocenters. The van der Waals surface area contributed by atoms with Crippen LogP contribution in [0.2, 0.25) is 0 Å². The Bertz CT molecular complexity index is 695. The normalized spacial score (nSPS) is 16.4. The molecule has 0 bridgehead atoms. The number of amides is 1. The van der Waals surface area contributed by atoms with E-state index >= 15 is 0 Å². The van der Waals surface area contributed by atoms with Gasteiger partial charge in [0.1, 0.15) is 11.5 Å². The first kappa shape index (κ1) is 16.1. The molecule has 0 radical (unpaired) electrons. The lowest BCUT2D eigenvalue weighted by Crippen LogP contribution is -2.49. The SMILES string of the molecule is O=C(NC1(CO)CCCC1)c1csc(Cc2ccccc2F)n1. The molecule has 1 aromatic carbocycles. The van der Waals surface area contributed by atoms with Crippen LogP contribution in [0.4, 0.5) is 4.39 Å². The second kappa shape index (κ2) is 6.76. The van der Waals surface area contributed by atoms with Gasteiger partial charge in [-0.05, 0) is 24.5 Å². The number of rotatable bonds is 5. The number of nitrogens with one attached hydrogen (secondary N) is 1. The van der Waals surface area contributed by atoms with Crippen molar-refractivity contribution in [2.45, 2.75) is 37.6 Å². The predicted octanol–water partition coefficient (Wildman–Crippen LogP) is 2.91. The zero-order chi connectivity index (χ0) is 16.3. The Morgan fingerprint density at radius 1 is 1.35 bits per heavy atom. The van der Waals surface area contributed by atoms with Crippen LogP contribution in [0.15, 0.2) is 29.6 Å². The summed E-state index contributed by atoms with van der Waals surface area (Å²) in [5.41, 5.74) is 0.393. The van der Waals surface area contributed by atoms with Gasteiger partial charge < -0.3 is 10.4 Å². The Kier molecular flexibility index (Phi) is 4.73. The van der Waals surface area contributed by atoms with Gasteiger partial charge in [-0.2, -0.15) is 0 Å². The highest BCUT2D eigenvalue weighted by molar-refractivity contribution is 7.09. The maximum Gasteiger partial charge on any atom is 0.271 e. The molecule has 1 amide bonds. The first-order valence-corrected chi connectivity index (χ1v) is 8.61. The number of aliphatic hydroxyl groups is 1. The van der Waals surface area contributed by atoms with Crippen LogP contribution in [-0.2, 0) is 6.42 Å². The largest absolute Gasteiger partial charge is 0.394 e. The maximum atomic E-state index is 13.7. The Balaban J connectivity index is 1.69. The molecule has 122 valence electrons. The lowest BCUT2D eigenvalue weighted by Gasteiger charge is -2.27. The molecule has 2 N–H and O–H groups in total. The summed E-state index contributed by atoms with van der Waals surface area (Å²) in [5, 5.41) is 14.9. The summed E-state index contributed by atoms with van der Waals surface area (Å²) in [6.07, 6.45) is 3.98. The number of hydrogen-bond acceptors (Lipinski definition) is 4. The monoisotopic (exact) mass is 334 g/mol. The minimum absolute atomic E-state index is 0.0506. The third-order valence-corrected chi connectivity index (χ3v) is 5.17. The van der Waals surface area contributed by atoms with Crippen molar-refractivity contribution in [2.75, 3.05) is 6.61 Å². The van der Waals surface area contributed by atoms with Crippen molar-refractivity contribution >= 4 is 17.2 Å². The van der Waals surface area contributed by atoms with Gasteiger partial charge in [0.2, 0.25) is 0 Å². The van der Waals surface area contributed by atoms with Crippen molar-refractivity contribution in [2.24, 2.45) is 0 Å². The summed E-state index contributed by atoms with van der Waals surface area (Å²) < 4.78 is 13.7. The zero-order valence-electron chi connectivity index (χ0n) is 12.7. The molecule has 23 heavy (non-hydrogen) atoms. The molecule has 2 aromatic rings. The van der Waals surface area contributed by atoms with Crippen LogP contribution in [0.25, 0.3) is 0 Å². The van der Waals surface area contributed by atoms with Crippen molar-refractivity contribution in [3.63, 3.8) is 0 Å². The number of hydrogen-bond donors (Lipinski definition) is 2. The highest BCUT2D eigenvalue weighted by Gasteiger charge is 2.35. The van der Waals surface area contributed by atoms with Gasteiger partial charge in [0.25, 0.3) is 5.91 Å². The molecule has 1 fully saturated rings. The van der Waals surface area contributed by atoms with E-state index in [9.17, 15) is 14.3 Å². The Morgan fingerprint density at radius 3 is 2.78 bits per heavy atom. The van der Waals surface area contributed by atoms with E-state index in [1.165, 1.54) is 17.4 Å². The Labute approximate surface area is 138 Å². The molecule has 3 rings (SSSR count). The summed E-state index contributed by atoms with van der Waals surface area (Å²) >= 11 is 1.34. The number of benzene rings is 1. The Hall–Kier alpha value is -1.79. The molecule has 0 aliphatic heterocycles. The van der Waals surface area contributed by atoms with Crippen molar-refractivity contribution in [3.8, 4) is 0 Å². The smallest absolute Gasteiger partial charge is 0.271 e. The highest BCUT2D eigenvalue weighted by atomic mass is 32.1. The standard InChI is InChI=1S/C17H19FN2O2S/c18-13-6-2-1-5-12(13)9-15-19-14(10-23-15)16(22)20-17(11-21)7-3-4-8-17/h1-2,5-6,10,21H,3-4,7-9,11H2,(H,20,22). The summed E-state index contributed by atoms with van der Waals surface area (Å²) in [5.74, 6) is -0.532. The summed E-state index contributed by atoms with van der Waals surface area (Å²) in [7, 11) is 0. The fourth-order valence-electron chi connectivity index (χ4n) is 2.98. The molecule has 1 saturated carbocycles. The Morgan fingerprint density at radius 2 is 2.09 bits per heavy atom. The molecule has 0 spiro atoms. The number of halogens is 1. The van der Waals surface area contributed by atoms with Gasteiger partial charge in [0.15, 0.2) is 0 Å². The van der Waals surface area contributed by atoms with Crippen molar-refractivity contribution in [1.82, 2.24) is 10.3 Å². The number of thiazole rings is 1. The molecule has 4 nitrogen and oxygen atoms in total. The molecule has 6 heteroatoms. The predicted molar refractivity (Wildman–Crippen MR) is 87.1 cm³/mol. The van der Waals surface area contributed by atoms with Crippen LogP contribution in [0.3, 0.4) is 0 Å². The highest BCUT2D eigenvalue weighted by Crippen LogP contribution is 2.29. The average molecular weight is 334 g/mol. The quantitative estimate of drug-likeness (QED) is 0.884. The van der Waals surface area contributed by atoms with Gasteiger partial charge in [-0.1, -0.05) is 31.0 Å². The fraction of sp³-hybridized carbons (Fsp3) is 0.412. The van der Waals surface area contributed by atoms with Gasteiger partial charge >= 0.3 is 0 Å². The van der Waals surface area contributed by atoms with Crippen molar-refractivity contribution in [1.29, 1.82) is 0 Å². The molecular weight excluding hydrogens is 315 g/mol. The van der Waals surface area contributed by atoms with Gasteiger partial charge in [0.05, 0.1) is 17.2 Å². The fourth-order valence-corrected chi connectivity index (χ4v) is 3.78. The van der Waals surface area contributed by atoms with E-state index in [0.717, 1.165) is 25.7 Å². The third kappa shape index (κ3) is 3.59. The number of nitrogens with zero attached hydrogens (tertiary/aromatic N) is 1. The van der Waals surface area contributed by atoms with Gasteiger partial charge in [-0.25, -0.2) is 9.37 Å². The van der Waals surface area contributed by atoms with Gasteiger partial charge in [-0.3, -0.25) is 4.79 Å². The van der Waals surface area contributed by atoms with E-state index in [4.69, 9.17) is 0 Å². The third-order valence-electron chi connectivity index (χ3n) is 4.33. The molecule has 1 aliphatic rings. The second-order valence-electron chi connectivity index (χ2n) is 5.99. The minimum Gasteiger partial charge on any atom is -0.394 e. The van der Waals surface area contributed by atoms with Crippen LogP contribution in [0, 0.1) is 5.82 Å². The van der Waals surface area contributed by atoms with Gasteiger partial charge in [-0.15, -0.1) is 11.3 Å². The van der Waals surface area contributed by atoms with E-state index in [0.29, 0.717) is 22.7 Å². The molecular formula is C17H19FN2O2S. The van der Waals surface area contributed by atoms with Crippen LogP contribution in [0.1, 0.15) is 46.7 Å². The van der Waals surface area contributed by atoms with Crippen LogP contribution < -0.4 is 5.32 Å². The van der Waals surface area contributed by atoms with E-state index < -0.39 is 5.54 Å². The van der Waals surface area contributed by atoms with E-state index in [-0.39, 0.29) is 18.3 Å². The van der Waals surface area contributed by atoms with Gasteiger partial charge in [0, 0.05) is 11.8 Å². The van der Waals surface area contributed by atoms with E-state index in [1.54, 1.807) is 23.6 Å². The molecule has 1 heterocycles. The molecule has 0 saturated heterocycles. The maximum absolute atomic E-state index is 13.7. The summed E-state index contributed by atoms with van der Waals surface area (Å²) in [6.45, 7) is -0.0506. The second-order valence-corrected chi connectivity index (χ2v) is 6.94. The van der Waals surface area contributed by atoms with Crippen LogP contribution in [0.5, 0.6) is 0 Å². The first-order valence-electron chi connectivity index (χ1n) is 7.73. The molecule has 1 aromatic heterocycles. The minimum atomic E-state index is -0.508. The lowest BCUT2D eigenvalue weighted by molar-refractivity contribution is 0.0834. The number of aromatic nitrogens is 1. The first-order chi connectivity index (χ1) is 11.1. The van der Waals surface area contributed by atoms with Crippen molar-refractivity contribution < 1.29 is 14.3 Å².